The highest BCUT2D eigenvalue weighted by atomic mass is 14.9. The zero-order valence-corrected chi connectivity index (χ0v) is 30.4. The van der Waals surface area contributed by atoms with Gasteiger partial charge < -0.3 is 0 Å². The van der Waals surface area contributed by atoms with E-state index >= 15 is 0 Å². The summed E-state index contributed by atoms with van der Waals surface area (Å²) in [6, 6.07) is 70.6. The number of benzene rings is 10. The zero-order valence-electron chi connectivity index (χ0n) is 30.4. The molecule has 0 bridgehead atoms. The molecule has 0 saturated carbocycles. The summed E-state index contributed by atoms with van der Waals surface area (Å²) in [5, 5.41) is 16.6. The van der Waals surface area contributed by atoms with E-state index < -0.39 is 0 Å². The van der Waals surface area contributed by atoms with Gasteiger partial charge in [-0.3, -0.25) is 0 Å². The average Bonchev–Trinajstić information content (AvgIpc) is 3.27. The molecule has 2 nitrogen and oxygen atoms in total. The lowest BCUT2D eigenvalue weighted by Crippen LogP contribution is -1.95. The summed E-state index contributed by atoms with van der Waals surface area (Å²) in [6.45, 7) is 0. The molecule has 56 heavy (non-hydrogen) atoms. The SMILES string of the molecule is c1ccc(-c2nc(-c3ccc(-c4ccc(-c5cc6ccc7cccc8c9cccc%10ccc%11cccc(c(c5)c6c78)c%11c%109)cc4)cc3)nc3ccccc23)cc1. The first-order valence-corrected chi connectivity index (χ1v) is 19.2. The van der Waals surface area contributed by atoms with Crippen LogP contribution in [0, 0.1) is 0 Å². The molecule has 11 aromatic carbocycles. The summed E-state index contributed by atoms with van der Waals surface area (Å²) < 4.78 is 0. The molecule has 2 heteroatoms. The molecule has 0 unspecified atom stereocenters. The summed E-state index contributed by atoms with van der Waals surface area (Å²) in [5.74, 6) is 0.728. The predicted molar refractivity (Wildman–Crippen MR) is 238 cm³/mol. The molecular weight excluding hydrogens is 677 g/mol. The average molecular weight is 709 g/mol. The Balaban J connectivity index is 0.980. The van der Waals surface area contributed by atoms with Crippen molar-refractivity contribution in [3.63, 3.8) is 0 Å². The van der Waals surface area contributed by atoms with Crippen LogP contribution in [0.1, 0.15) is 0 Å². The Morgan fingerprint density at radius 3 is 1.32 bits per heavy atom. The van der Waals surface area contributed by atoms with Crippen LogP contribution in [0.25, 0.3) is 120 Å². The van der Waals surface area contributed by atoms with Crippen LogP contribution in [0.4, 0.5) is 0 Å². The number of para-hydroxylation sites is 1. The van der Waals surface area contributed by atoms with Crippen molar-refractivity contribution >= 4 is 75.5 Å². The maximum Gasteiger partial charge on any atom is 0.160 e. The fourth-order valence-electron chi connectivity index (χ4n) is 9.14. The standard InChI is InChI=1S/C54H32N2/c1-2-9-39(10-3-1)53-46-14-4-5-18-48(46)55-54(56-53)40-28-23-34(24-29-40)33-19-21-35(22-20-33)42-31-41-30-27-38-12-7-16-44-43-15-6-11-36-25-26-37-13-8-17-45(51(37)49(36)43)47(32-42)52(41)50(38)44/h1-32H. The van der Waals surface area contributed by atoms with Gasteiger partial charge in [0.1, 0.15) is 0 Å². The molecule has 0 aliphatic carbocycles. The van der Waals surface area contributed by atoms with Gasteiger partial charge in [-0.25, -0.2) is 9.97 Å². The molecule has 0 spiro atoms. The Morgan fingerprint density at radius 2 is 0.714 bits per heavy atom. The van der Waals surface area contributed by atoms with Crippen LogP contribution in [0.15, 0.2) is 194 Å². The Kier molecular flexibility index (Phi) is 6.66. The summed E-state index contributed by atoms with van der Waals surface area (Å²) in [6.07, 6.45) is 0. The highest BCUT2D eigenvalue weighted by Gasteiger charge is 2.17. The van der Waals surface area contributed by atoms with E-state index in [1.165, 1.54) is 81.3 Å². The highest BCUT2D eigenvalue weighted by molar-refractivity contribution is 6.37. The summed E-state index contributed by atoms with van der Waals surface area (Å²) in [7, 11) is 0. The summed E-state index contributed by atoms with van der Waals surface area (Å²) in [4.78, 5) is 10.0. The molecule has 1 aromatic heterocycles. The molecule has 12 rings (SSSR count). The summed E-state index contributed by atoms with van der Waals surface area (Å²) >= 11 is 0. The van der Waals surface area contributed by atoms with Crippen molar-refractivity contribution in [3.8, 4) is 44.9 Å². The van der Waals surface area contributed by atoms with Crippen molar-refractivity contribution in [1.82, 2.24) is 9.97 Å². The Hall–Kier alpha value is -7.42. The normalized spacial score (nSPS) is 11.9. The third-order valence-corrected chi connectivity index (χ3v) is 11.8. The van der Waals surface area contributed by atoms with Crippen molar-refractivity contribution in [2.45, 2.75) is 0 Å². The number of nitrogens with zero attached hydrogens (tertiary/aromatic N) is 2. The third-order valence-electron chi connectivity index (χ3n) is 11.8. The van der Waals surface area contributed by atoms with Gasteiger partial charge in [0.15, 0.2) is 5.82 Å². The van der Waals surface area contributed by atoms with Crippen LogP contribution < -0.4 is 0 Å². The van der Waals surface area contributed by atoms with E-state index in [4.69, 9.17) is 9.97 Å². The molecule has 0 amide bonds. The first kappa shape index (κ1) is 31.0. The van der Waals surface area contributed by atoms with E-state index in [1.54, 1.807) is 0 Å². The topological polar surface area (TPSA) is 25.8 Å². The van der Waals surface area contributed by atoms with Crippen LogP contribution in [0.3, 0.4) is 0 Å². The highest BCUT2D eigenvalue weighted by Crippen LogP contribution is 2.44. The van der Waals surface area contributed by atoms with Crippen molar-refractivity contribution in [2.75, 3.05) is 0 Å². The second-order valence-corrected chi connectivity index (χ2v) is 14.9. The van der Waals surface area contributed by atoms with Gasteiger partial charge in [0.25, 0.3) is 0 Å². The van der Waals surface area contributed by atoms with Crippen LogP contribution in [-0.2, 0) is 0 Å². The molecule has 0 N–H and O–H groups in total. The smallest absolute Gasteiger partial charge is 0.160 e. The van der Waals surface area contributed by atoms with Gasteiger partial charge in [0, 0.05) is 16.5 Å². The molecule has 0 saturated heterocycles. The van der Waals surface area contributed by atoms with Crippen molar-refractivity contribution < 1.29 is 0 Å². The van der Waals surface area contributed by atoms with Crippen molar-refractivity contribution in [1.29, 1.82) is 0 Å². The fraction of sp³-hybridized carbons (Fsp3) is 0. The molecule has 12 aromatic rings. The van der Waals surface area contributed by atoms with Crippen LogP contribution in [-0.4, -0.2) is 9.97 Å². The Bertz CT molecular complexity index is 3490. The van der Waals surface area contributed by atoms with E-state index in [-0.39, 0.29) is 0 Å². The number of aromatic nitrogens is 2. The molecular formula is C54H32N2. The zero-order chi connectivity index (χ0) is 36.7. The quantitative estimate of drug-likeness (QED) is 0.170. The van der Waals surface area contributed by atoms with E-state index in [0.29, 0.717) is 0 Å². The summed E-state index contributed by atoms with van der Waals surface area (Å²) in [5.41, 5.74) is 8.71. The number of hydrogen-bond acceptors (Lipinski definition) is 2. The van der Waals surface area contributed by atoms with Gasteiger partial charge >= 0.3 is 0 Å². The minimum atomic E-state index is 0.728. The van der Waals surface area contributed by atoms with Crippen LogP contribution in [0.5, 0.6) is 0 Å². The largest absolute Gasteiger partial charge is 0.228 e. The molecule has 0 aliphatic heterocycles. The minimum absolute atomic E-state index is 0.728. The maximum atomic E-state index is 5.08. The molecule has 0 aliphatic rings. The van der Waals surface area contributed by atoms with Crippen LogP contribution in [0.2, 0.25) is 0 Å². The maximum absolute atomic E-state index is 5.08. The first-order valence-electron chi connectivity index (χ1n) is 19.2. The molecule has 1 heterocycles. The molecule has 0 atom stereocenters. The molecule has 0 radical (unpaired) electrons. The second-order valence-electron chi connectivity index (χ2n) is 14.9. The van der Waals surface area contributed by atoms with Gasteiger partial charge in [-0.1, -0.05) is 176 Å². The van der Waals surface area contributed by atoms with Gasteiger partial charge in [-0.05, 0) is 105 Å². The van der Waals surface area contributed by atoms with E-state index in [1.807, 2.05) is 18.2 Å². The van der Waals surface area contributed by atoms with E-state index in [0.717, 1.165) is 39.1 Å². The number of rotatable bonds is 4. The van der Waals surface area contributed by atoms with Crippen LogP contribution >= 0.6 is 0 Å². The number of fused-ring (bicyclic) bond motifs is 3. The number of hydrogen-bond donors (Lipinski definition) is 0. The van der Waals surface area contributed by atoms with Crippen molar-refractivity contribution in [2.24, 2.45) is 0 Å². The van der Waals surface area contributed by atoms with Gasteiger partial charge in [0.05, 0.1) is 11.2 Å². The lowest BCUT2D eigenvalue weighted by Gasteiger charge is -2.17. The van der Waals surface area contributed by atoms with Gasteiger partial charge in [-0.2, -0.15) is 0 Å². The Morgan fingerprint density at radius 1 is 0.250 bits per heavy atom. The monoisotopic (exact) mass is 708 g/mol. The lowest BCUT2D eigenvalue weighted by molar-refractivity contribution is 1.23. The second kappa shape index (κ2) is 12.0. The van der Waals surface area contributed by atoms with E-state index in [2.05, 4.69) is 176 Å². The molecule has 258 valence electrons. The first-order chi connectivity index (χ1) is 27.7. The van der Waals surface area contributed by atoms with Gasteiger partial charge in [0.2, 0.25) is 0 Å². The molecule has 0 fully saturated rings. The van der Waals surface area contributed by atoms with Gasteiger partial charge in [-0.15, -0.1) is 0 Å². The van der Waals surface area contributed by atoms with E-state index in [9.17, 15) is 0 Å². The Labute approximate surface area is 323 Å². The lowest BCUT2D eigenvalue weighted by atomic mass is 9.86. The predicted octanol–water partition coefficient (Wildman–Crippen LogP) is 14.7. The minimum Gasteiger partial charge on any atom is -0.228 e. The van der Waals surface area contributed by atoms with Crippen molar-refractivity contribution in [3.05, 3.63) is 194 Å². The fourth-order valence-corrected chi connectivity index (χ4v) is 9.14. The third kappa shape index (κ3) is 4.69.